The number of amides is 1. The third-order valence-corrected chi connectivity index (χ3v) is 4.60. The van der Waals surface area contributed by atoms with Gasteiger partial charge in [0.2, 0.25) is 0 Å². The van der Waals surface area contributed by atoms with Gasteiger partial charge in [-0.1, -0.05) is 60.7 Å². The monoisotopic (exact) mass is 337 g/mol. The molecule has 0 N–H and O–H groups in total. The third kappa shape index (κ3) is 4.22. The van der Waals surface area contributed by atoms with Crippen molar-refractivity contribution in [1.29, 1.82) is 0 Å². The number of benzene rings is 2. The van der Waals surface area contributed by atoms with Crippen LogP contribution in [-0.2, 0) is 4.74 Å². The lowest BCUT2D eigenvalue weighted by atomic mass is 9.88. The maximum atomic E-state index is 13.1. The summed E-state index contributed by atoms with van der Waals surface area (Å²) in [6.45, 7) is 5.76. The van der Waals surface area contributed by atoms with Gasteiger partial charge in [-0.05, 0) is 51.2 Å². The predicted molar refractivity (Wildman–Crippen MR) is 100 cm³/mol. The number of carbonyl (C=O) groups excluding carboxylic acids is 1. The highest BCUT2D eigenvalue weighted by Crippen LogP contribution is 2.42. The Bertz CT molecular complexity index is 643. The molecule has 2 atom stereocenters. The smallest absolute Gasteiger partial charge is 0.411 e. The number of nitrogens with zero attached hydrogens (tertiary/aromatic N) is 1. The molecule has 0 saturated carbocycles. The summed E-state index contributed by atoms with van der Waals surface area (Å²) < 4.78 is 5.77. The zero-order valence-corrected chi connectivity index (χ0v) is 15.3. The van der Waals surface area contributed by atoms with Gasteiger partial charge in [0.1, 0.15) is 5.60 Å². The largest absolute Gasteiger partial charge is 0.444 e. The number of ether oxygens (including phenoxy) is 1. The topological polar surface area (TPSA) is 29.5 Å². The molecule has 1 aliphatic heterocycles. The molecule has 3 heteroatoms. The highest BCUT2D eigenvalue weighted by Gasteiger charge is 2.38. The second-order valence-electron chi connectivity index (χ2n) is 7.67. The Hall–Kier alpha value is -2.29. The van der Waals surface area contributed by atoms with Crippen LogP contribution in [0.25, 0.3) is 0 Å². The summed E-state index contributed by atoms with van der Waals surface area (Å²) in [6, 6.07) is 20.7. The highest BCUT2D eigenvalue weighted by atomic mass is 16.6. The molecule has 3 nitrogen and oxygen atoms in total. The van der Waals surface area contributed by atoms with Crippen molar-refractivity contribution in [3.05, 3.63) is 71.8 Å². The molecule has 1 heterocycles. The molecule has 2 unspecified atom stereocenters. The molecule has 25 heavy (non-hydrogen) atoms. The second kappa shape index (κ2) is 7.30. The van der Waals surface area contributed by atoms with E-state index in [-0.39, 0.29) is 18.2 Å². The van der Waals surface area contributed by atoms with Crippen molar-refractivity contribution in [2.45, 2.75) is 57.7 Å². The van der Waals surface area contributed by atoms with E-state index in [9.17, 15) is 4.79 Å². The number of likely N-dealkylation sites (tertiary alicyclic amines) is 1. The zero-order valence-electron chi connectivity index (χ0n) is 15.3. The number of piperidine rings is 1. The Balaban J connectivity index is 1.98. The van der Waals surface area contributed by atoms with Crippen LogP contribution in [0, 0.1) is 0 Å². The van der Waals surface area contributed by atoms with Crippen molar-refractivity contribution >= 4 is 6.09 Å². The van der Waals surface area contributed by atoms with Crippen LogP contribution >= 0.6 is 0 Å². The van der Waals surface area contributed by atoms with Gasteiger partial charge >= 0.3 is 6.09 Å². The average Bonchev–Trinajstić information content (AvgIpc) is 2.61. The summed E-state index contributed by atoms with van der Waals surface area (Å²) in [5, 5.41) is 0. The standard InChI is InChI=1S/C22H27NO2/c1-22(2,3)25-21(24)23-19(17-11-6-4-7-12-17)15-10-16-20(23)18-13-8-5-9-14-18/h4-9,11-14,19-20H,10,15-16H2,1-3H3. The molecule has 1 amide bonds. The van der Waals surface area contributed by atoms with Gasteiger partial charge in [-0.15, -0.1) is 0 Å². The van der Waals surface area contributed by atoms with E-state index in [0.29, 0.717) is 0 Å². The lowest BCUT2D eigenvalue weighted by molar-refractivity contribution is -0.00663. The van der Waals surface area contributed by atoms with Gasteiger partial charge < -0.3 is 4.74 Å². The summed E-state index contributed by atoms with van der Waals surface area (Å²) in [5.74, 6) is 0. The van der Waals surface area contributed by atoms with Gasteiger partial charge in [0.05, 0.1) is 12.1 Å². The SMILES string of the molecule is CC(C)(C)OC(=O)N1C(c2ccccc2)CCCC1c1ccccc1. The van der Waals surface area contributed by atoms with Crippen molar-refractivity contribution in [1.82, 2.24) is 4.90 Å². The molecule has 2 aromatic carbocycles. The van der Waals surface area contributed by atoms with E-state index < -0.39 is 5.60 Å². The predicted octanol–water partition coefficient (Wildman–Crippen LogP) is 5.89. The van der Waals surface area contributed by atoms with Crippen LogP contribution in [0.4, 0.5) is 4.79 Å². The normalized spacial score (nSPS) is 21.0. The lowest BCUT2D eigenvalue weighted by Crippen LogP contribution is -2.43. The van der Waals surface area contributed by atoms with Gasteiger partial charge in [0.15, 0.2) is 0 Å². The molecule has 0 aliphatic carbocycles. The van der Waals surface area contributed by atoms with Crippen molar-refractivity contribution in [3.63, 3.8) is 0 Å². The Morgan fingerprint density at radius 3 is 1.72 bits per heavy atom. The van der Waals surface area contributed by atoms with E-state index in [1.807, 2.05) is 62.1 Å². The van der Waals surface area contributed by atoms with Gasteiger partial charge in [0, 0.05) is 0 Å². The molecule has 132 valence electrons. The van der Waals surface area contributed by atoms with Gasteiger partial charge in [-0.2, -0.15) is 0 Å². The molecule has 1 saturated heterocycles. The minimum Gasteiger partial charge on any atom is -0.444 e. The summed E-state index contributed by atoms with van der Waals surface area (Å²) in [6.07, 6.45) is 2.80. The maximum absolute atomic E-state index is 13.1. The maximum Gasteiger partial charge on any atom is 0.411 e. The van der Waals surface area contributed by atoms with Crippen LogP contribution in [0.5, 0.6) is 0 Å². The van der Waals surface area contributed by atoms with E-state index in [2.05, 4.69) is 24.3 Å². The molecule has 2 aromatic rings. The van der Waals surface area contributed by atoms with Crippen LogP contribution in [-0.4, -0.2) is 16.6 Å². The number of hydrogen-bond acceptors (Lipinski definition) is 2. The average molecular weight is 337 g/mol. The molecule has 0 spiro atoms. The van der Waals surface area contributed by atoms with Gasteiger partial charge in [-0.3, -0.25) is 4.90 Å². The Morgan fingerprint density at radius 2 is 1.32 bits per heavy atom. The van der Waals surface area contributed by atoms with E-state index in [1.54, 1.807) is 0 Å². The van der Waals surface area contributed by atoms with E-state index in [1.165, 1.54) is 11.1 Å². The second-order valence-corrected chi connectivity index (χ2v) is 7.67. The highest BCUT2D eigenvalue weighted by molar-refractivity contribution is 5.70. The van der Waals surface area contributed by atoms with Crippen LogP contribution in [0.1, 0.15) is 63.2 Å². The summed E-state index contributed by atoms with van der Waals surface area (Å²) in [4.78, 5) is 15.0. The first kappa shape index (κ1) is 17.5. The van der Waals surface area contributed by atoms with Crippen LogP contribution < -0.4 is 0 Å². The lowest BCUT2D eigenvalue weighted by Gasteiger charge is -2.43. The fourth-order valence-electron chi connectivity index (χ4n) is 3.57. The first-order valence-corrected chi connectivity index (χ1v) is 9.07. The molecule has 3 rings (SSSR count). The van der Waals surface area contributed by atoms with Crippen LogP contribution in [0.3, 0.4) is 0 Å². The minimum atomic E-state index is -0.503. The fourth-order valence-corrected chi connectivity index (χ4v) is 3.57. The molecule has 0 aromatic heterocycles. The summed E-state index contributed by atoms with van der Waals surface area (Å²) >= 11 is 0. The van der Waals surface area contributed by atoms with E-state index in [0.717, 1.165) is 19.3 Å². The molecule has 1 fully saturated rings. The molecule has 0 bridgehead atoms. The Labute approximate surface area is 150 Å². The number of carbonyl (C=O) groups is 1. The van der Waals surface area contributed by atoms with Crippen molar-refractivity contribution in [2.75, 3.05) is 0 Å². The summed E-state index contributed by atoms with van der Waals surface area (Å²) in [5.41, 5.74) is 1.85. The number of rotatable bonds is 2. The molecule has 0 radical (unpaired) electrons. The third-order valence-electron chi connectivity index (χ3n) is 4.60. The van der Waals surface area contributed by atoms with Crippen molar-refractivity contribution in [2.24, 2.45) is 0 Å². The van der Waals surface area contributed by atoms with Crippen molar-refractivity contribution in [3.8, 4) is 0 Å². The van der Waals surface area contributed by atoms with Crippen LogP contribution in [0.2, 0.25) is 0 Å². The number of hydrogen-bond donors (Lipinski definition) is 0. The molecule has 1 aliphatic rings. The fraction of sp³-hybridized carbons (Fsp3) is 0.409. The quantitative estimate of drug-likeness (QED) is 0.684. The zero-order chi connectivity index (χ0) is 17.9. The molecular formula is C22H27NO2. The Kier molecular flexibility index (Phi) is 5.12. The minimum absolute atomic E-state index is 0.0509. The van der Waals surface area contributed by atoms with Crippen LogP contribution in [0.15, 0.2) is 60.7 Å². The van der Waals surface area contributed by atoms with E-state index >= 15 is 0 Å². The van der Waals surface area contributed by atoms with Crippen molar-refractivity contribution < 1.29 is 9.53 Å². The first-order chi connectivity index (χ1) is 12.0. The molecular weight excluding hydrogens is 310 g/mol. The first-order valence-electron chi connectivity index (χ1n) is 9.07. The summed E-state index contributed by atoms with van der Waals surface area (Å²) in [7, 11) is 0. The van der Waals surface area contributed by atoms with E-state index in [4.69, 9.17) is 4.74 Å². The van der Waals surface area contributed by atoms with Gasteiger partial charge in [0.25, 0.3) is 0 Å². The Morgan fingerprint density at radius 1 is 0.880 bits per heavy atom. The van der Waals surface area contributed by atoms with Gasteiger partial charge in [-0.25, -0.2) is 4.79 Å².